The minimum Gasteiger partial charge on any atom is -0.490 e. The lowest BCUT2D eigenvalue weighted by Crippen LogP contribution is -2.27. The normalized spacial score (nSPS) is 14.1. The Kier molecular flexibility index (Phi) is 8.38. The van der Waals surface area contributed by atoms with Crippen LogP contribution in [0.15, 0.2) is 59.5 Å². The molecule has 200 valence electrons. The van der Waals surface area contributed by atoms with Crippen LogP contribution in [0.25, 0.3) is 6.08 Å². The molecule has 2 amide bonds. The Balaban J connectivity index is 1.59. The van der Waals surface area contributed by atoms with E-state index in [2.05, 4.69) is 0 Å². The Hall–Kier alpha value is -4.13. The number of carbonyl (C=O) groups is 2. The number of nitro benzene ring substituents is 2. The Morgan fingerprint density at radius 3 is 2.33 bits per heavy atom. The van der Waals surface area contributed by atoms with Crippen LogP contribution in [0.2, 0.25) is 10.0 Å². The van der Waals surface area contributed by atoms with Gasteiger partial charge in [0.25, 0.3) is 16.8 Å². The molecule has 0 bridgehead atoms. The average molecular weight is 590 g/mol. The fourth-order valence-electron chi connectivity index (χ4n) is 3.54. The lowest BCUT2D eigenvalue weighted by molar-refractivity contribution is -0.394. The molecule has 0 aromatic heterocycles. The zero-order valence-corrected chi connectivity index (χ0v) is 22.3. The molecule has 1 aliphatic rings. The Morgan fingerprint density at radius 1 is 0.923 bits per heavy atom. The molecule has 1 saturated heterocycles. The van der Waals surface area contributed by atoms with Crippen molar-refractivity contribution in [3.05, 3.63) is 101 Å². The van der Waals surface area contributed by atoms with Crippen LogP contribution in [0.1, 0.15) is 18.1 Å². The van der Waals surface area contributed by atoms with Gasteiger partial charge in [0.05, 0.1) is 44.0 Å². The number of hydrogen-bond acceptors (Lipinski definition) is 9. The van der Waals surface area contributed by atoms with Crippen molar-refractivity contribution in [2.75, 3.05) is 6.61 Å². The highest BCUT2D eigenvalue weighted by Crippen LogP contribution is 2.40. The van der Waals surface area contributed by atoms with Gasteiger partial charge >= 0.3 is 5.69 Å². The predicted octanol–water partition coefficient (Wildman–Crippen LogP) is 7.24. The summed E-state index contributed by atoms with van der Waals surface area (Å²) in [7, 11) is 0. The van der Waals surface area contributed by atoms with E-state index in [1.807, 2.05) is 0 Å². The van der Waals surface area contributed by atoms with Crippen molar-refractivity contribution in [2.24, 2.45) is 0 Å². The van der Waals surface area contributed by atoms with Crippen molar-refractivity contribution in [1.82, 2.24) is 4.90 Å². The van der Waals surface area contributed by atoms with Gasteiger partial charge in [-0.25, -0.2) is 0 Å². The van der Waals surface area contributed by atoms with Gasteiger partial charge < -0.3 is 9.47 Å². The maximum Gasteiger partial charge on any atom is 0.318 e. The van der Waals surface area contributed by atoms with Gasteiger partial charge in [0, 0.05) is 6.07 Å². The van der Waals surface area contributed by atoms with Gasteiger partial charge in [-0.3, -0.25) is 34.7 Å². The monoisotopic (exact) mass is 589 g/mol. The highest BCUT2D eigenvalue weighted by atomic mass is 35.5. The molecule has 1 heterocycles. The number of nitrogens with zero attached hydrogens (tertiary/aromatic N) is 3. The summed E-state index contributed by atoms with van der Waals surface area (Å²) >= 11 is 12.7. The molecule has 0 atom stereocenters. The summed E-state index contributed by atoms with van der Waals surface area (Å²) in [5.74, 6) is -0.397. The van der Waals surface area contributed by atoms with Crippen LogP contribution in [0, 0.1) is 20.2 Å². The number of benzene rings is 3. The summed E-state index contributed by atoms with van der Waals surface area (Å²) in [6.45, 7) is 1.96. The lowest BCUT2D eigenvalue weighted by atomic mass is 10.1. The second-order valence-corrected chi connectivity index (χ2v) is 9.73. The van der Waals surface area contributed by atoms with Crippen LogP contribution < -0.4 is 9.47 Å². The second kappa shape index (κ2) is 11.7. The largest absolute Gasteiger partial charge is 0.490 e. The SMILES string of the molecule is CCOc1cc(/C=C2/SC(=O)N(Cc3ccc(Cl)c(Cl)c3)C2=O)ccc1Oc1ccc([N+](=O)[O-])cc1[N+](=O)[O-]. The van der Waals surface area contributed by atoms with Crippen molar-refractivity contribution in [3.8, 4) is 17.2 Å². The Bertz CT molecular complexity index is 1550. The van der Waals surface area contributed by atoms with E-state index in [0.717, 1.165) is 34.9 Å². The molecule has 0 aliphatic carbocycles. The van der Waals surface area contributed by atoms with Crippen molar-refractivity contribution < 1.29 is 28.9 Å². The van der Waals surface area contributed by atoms with Crippen molar-refractivity contribution in [3.63, 3.8) is 0 Å². The van der Waals surface area contributed by atoms with Crippen molar-refractivity contribution >= 4 is 63.6 Å². The first-order valence-corrected chi connectivity index (χ1v) is 12.7. The fourth-order valence-corrected chi connectivity index (χ4v) is 4.70. The summed E-state index contributed by atoms with van der Waals surface area (Å²) in [5.41, 5.74) is 0.0892. The van der Waals surface area contributed by atoms with Crippen LogP contribution in [0.4, 0.5) is 16.2 Å². The van der Waals surface area contributed by atoms with Gasteiger partial charge in [-0.05, 0) is 66.2 Å². The number of imide groups is 1. The summed E-state index contributed by atoms with van der Waals surface area (Å²) in [6.07, 6.45) is 1.51. The van der Waals surface area contributed by atoms with Crippen molar-refractivity contribution in [1.29, 1.82) is 0 Å². The molecular weight excluding hydrogens is 573 g/mol. The molecule has 0 spiro atoms. The van der Waals surface area contributed by atoms with Crippen LogP contribution in [-0.4, -0.2) is 32.5 Å². The first-order chi connectivity index (χ1) is 18.6. The predicted molar refractivity (Wildman–Crippen MR) is 145 cm³/mol. The molecule has 0 radical (unpaired) electrons. The Morgan fingerprint density at radius 2 is 1.67 bits per heavy atom. The molecule has 1 fully saturated rings. The van der Waals surface area contributed by atoms with E-state index in [1.165, 1.54) is 12.1 Å². The van der Waals surface area contributed by atoms with Gasteiger partial charge in [0.15, 0.2) is 11.5 Å². The molecule has 3 aromatic carbocycles. The minimum absolute atomic E-state index is 0.0177. The smallest absolute Gasteiger partial charge is 0.318 e. The molecule has 4 rings (SSSR count). The van der Waals surface area contributed by atoms with Crippen LogP contribution in [0.5, 0.6) is 17.2 Å². The molecule has 14 heteroatoms. The third-order valence-electron chi connectivity index (χ3n) is 5.33. The molecule has 39 heavy (non-hydrogen) atoms. The second-order valence-electron chi connectivity index (χ2n) is 7.92. The number of non-ortho nitro benzene ring substituents is 1. The first-order valence-electron chi connectivity index (χ1n) is 11.1. The number of carbonyl (C=O) groups excluding carboxylic acids is 2. The number of halogens is 2. The van der Waals surface area contributed by atoms with Crippen molar-refractivity contribution in [2.45, 2.75) is 13.5 Å². The van der Waals surface area contributed by atoms with E-state index in [-0.39, 0.29) is 35.3 Å². The molecule has 0 unspecified atom stereocenters. The van der Waals surface area contributed by atoms with E-state index >= 15 is 0 Å². The number of ether oxygens (including phenoxy) is 2. The van der Waals surface area contributed by atoms with Gasteiger partial charge in [0.2, 0.25) is 5.75 Å². The molecular formula is C25H17Cl2N3O8S. The quantitative estimate of drug-likeness (QED) is 0.143. The van der Waals surface area contributed by atoms with E-state index < -0.39 is 32.4 Å². The summed E-state index contributed by atoms with van der Waals surface area (Å²) < 4.78 is 11.3. The molecule has 3 aromatic rings. The summed E-state index contributed by atoms with van der Waals surface area (Å²) in [6, 6.07) is 12.4. The maximum absolute atomic E-state index is 13.0. The summed E-state index contributed by atoms with van der Waals surface area (Å²) in [4.78, 5) is 47.7. The zero-order valence-electron chi connectivity index (χ0n) is 20.0. The van der Waals surface area contributed by atoms with Crippen LogP contribution in [0.3, 0.4) is 0 Å². The molecule has 0 saturated carbocycles. The lowest BCUT2D eigenvalue weighted by Gasteiger charge is -2.13. The van der Waals surface area contributed by atoms with Crippen LogP contribution >= 0.6 is 35.0 Å². The van der Waals surface area contributed by atoms with Crippen LogP contribution in [-0.2, 0) is 11.3 Å². The topological polar surface area (TPSA) is 142 Å². The summed E-state index contributed by atoms with van der Waals surface area (Å²) in [5, 5.41) is 22.7. The number of rotatable bonds is 9. The molecule has 11 nitrogen and oxygen atoms in total. The van der Waals surface area contributed by atoms with Gasteiger partial charge in [-0.1, -0.05) is 35.3 Å². The average Bonchev–Trinajstić information content (AvgIpc) is 3.15. The van der Waals surface area contributed by atoms with E-state index in [1.54, 1.807) is 37.3 Å². The third kappa shape index (κ3) is 6.30. The number of amides is 2. The minimum atomic E-state index is -0.787. The highest BCUT2D eigenvalue weighted by molar-refractivity contribution is 8.18. The highest BCUT2D eigenvalue weighted by Gasteiger charge is 2.35. The standard InChI is InChI=1S/C25H17Cl2N3O8S/c1-2-37-22-10-14(4-7-21(22)38-20-8-5-16(29(33)34)12-19(20)30(35)36)11-23-24(31)28(25(32)39-23)13-15-3-6-17(26)18(27)9-15/h3-12H,2,13H2,1H3/b23-11+. The van der Waals surface area contributed by atoms with Gasteiger partial charge in [-0.2, -0.15) is 0 Å². The maximum atomic E-state index is 13.0. The first kappa shape index (κ1) is 27.9. The molecule has 0 N–H and O–H groups in total. The zero-order chi connectivity index (χ0) is 28.3. The molecule has 1 aliphatic heterocycles. The van der Waals surface area contributed by atoms with Gasteiger partial charge in [0.1, 0.15) is 0 Å². The number of thioether (sulfide) groups is 1. The Labute approximate surface area is 235 Å². The van der Waals surface area contributed by atoms with E-state index in [4.69, 9.17) is 32.7 Å². The van der Waals surface area contributed by atoms with E-state index in [0.29, 0.717) is 21.2 Å². The van der Waals surface area contributed by atoms with Gasteiger partial charge in [-0.15, -0.1) is 0 Å². The third-order valence-corrected chi connectivity index (χ3v) is 6.98. The van der Waals surface area contributed by atoms with E-state index in [9.17, 15) is 29.8 Å². The fraction of sp³-hybridized carbons (Fsp3) is 0.120. The number of hydrogen-bond donors (Lipinski definition) is 0. The number of nitro groups is 2.